The zero-order valence-corrected chi connectivity index (χ0v) is 11.0. The zero-order valence-electron chi connectivity index (χ0n) is 11.0. The lowest BCUT2D eigenvalue weighted by Gasteiger charge is -2.19. The van der Waals surface area contributed by atoms with E-state index in [-0.39, 0.29) is 25.9 Å². The normalized spacial score (nSPS) is 12.9. The summed E-state index contributed by atoms with van der Waals surface area (Å²) in [4.78, 5) is 33.5. The van der Waals surface area contributed by atoms with Crippen molar-refractivity contribution in [2.24, 2.45) is 5.92 Å². The molecule has 0 heterocycles. The summed E-state index contributed by atoms with van der Waals surface area (Å²) >= 11 is 0. The van der Waals surface area contributed by atoms with Crippen molar-refractivity contribution in [2.75, 3.05) is 6.61 Å². The molecule has 7 nitrogen and oxygen atoms in total. The van der Waals surface area contributed by atoms with Crippen molar-refractivity contribution in [1.82, 2.24) is 5.32 Å². The van der Waals surface area contributed by atoms with Gasteiger partial charge in [-0.1, -0.05) is 6.92 Å². The predicted molar refractivity (Wildman–Crippen MR) is 64.8 cm³/mol. The molecule has 0 spiro atoms. The Kier molecular flexibility index (Phi) is 7.93. The van der Waals surface area contributed by atoms with Crippen LogP contribution in [-0.4, -0.2) is 35.6 Å². The highest BCUT2D eigenvalue weighted by atomic mass is 16.5. The average Bonchev–Trinajstić information content (AvgIpc) is 2.33. The SMILES string of the molecule is CCOC(=O)CCC(=O)N[C@@H](C(=O)O)[C@H](C)CC#N. The van der Waals surface area contributed by atoms with Gasteiger partial charge in [0, 0.05) is 18.8 Å². The van der Waals surface area contributed by atoms with Gasteiger partial charge in [-0.2, -0.15) is 5.26 Å². The maximum Gasteiger partial charge on any atom is 0.326 e. The number of hydrogen-bond donors (Lipinski definition) is 2. The Bertz CT molecular complexity index is 375. The summed E-state index contributed by atoms with van der Waals surface area (Å²) in [7, 11) is 0. The van der Waals surface area contributed by atoms with Crippen LogP contribution in [0.2, 0.25) is 0 Å². The molecule has 0 fully saturated rings. The van der Waals surface area contributed by atoms with E-state index in [0.29, 0.717) is 0 Å². The number of carboxylic acid groups (broad SMARTS) is 1. The van der Waals surface area contributed by atoms with Gasteiger partial charge in [0.25, 0.3) is 0 Å². The molecule has 2 N–H and O–H groups in total. The van der Waals surface area contributed by atoms with E-state index >= 15 is 0 Å². The van der Waals surface area contributed by atoms with Gasteiger partial charge in [0.2, 0.25) is 5.91 Å². The first-order valence-corrected chi connectivity index (χ1v) is 5.97. The fourth-order valence-corrected chi connectivity index (χ4v) is 1.40. The van der Waals surface area contributed by atoms with Gasteiger partial charge in [-0.15, -0.1) is 0 Å². The van der Waals surface area contributed by atoms with E-state index in [4.69, 9.17) is 10.4 Å². The summed E-state index contributed by atoms with van der Waals surface area (Å²) in [5.41, 5.74) is 0. The van der Waals surface area contributed by atoms with Gasteiger partial charge < -0.3 is 15.2 Å². The lowest BCUT2D eigenvalue weighted by Crippen LogP contribution is -2.45. The van der Waals surface area contributed by atoms with Crippen molar-refractivity contribution in [3.8, 4) is 6.07 Å². The Balaban J connectivity index is 4.29. The van der Waals surface area contributed by atoms with Gasteiger partial charge in [-0.05, 0) is 6.92 Å². The van der Waals surface area contributed by atoms with E-state index in [1.54, 1.807) is 13.8 Å². The largest absolute Gasteiger partial charge is 0.480 e. The fraction of sp³-hybridized carbons (Fsp3) is 0.667. The monoisotopic (exact) mass is 270 g/mol. The van der Waals surface area contributed by atoms with E-state index in [1.165, 1.54) is 0 Å². The molecule has 0 saturated carbocycles. The van der Waals surface area contributed by atoms with Gasteiger partial charge in [0.05, 0.1) is 19.1 Å². The summed E-state index contributed by atoms with van der Waals surface area (Å²) in [5.74, 6) is -2.76. The summed E-state index contributed by atoms with van der Waals surface area (Å²) in [6, 6.07) is 0.724. The van der Waals surface area contributed by atoms with Crippen LogP contribution < -0.4 is 5.32 Å². The molecule has 0 aromatic heterocycles. The molecule has 0 aromatic carbocycles. The number of aliphatic carboxylic acids is 1. The smallest absolute Gasteiger partial charge is 0.326 e. The molecule has 1 amide bonds. The van der Waals surface area contributed by atoms with Gasteiger partial charge in [-0.25, -0.2) is 4.79 Å². The quantitative estimate of drug-likeness (QED) is 0.618. The van der Waals surface area contributed by atoms with Crippen LogP contribution in [0, 0.1) is 17.2 Å². The number of carbonyl (C=O) groups is 3. The molecule has 0 aromatic rings. The number of nitrogens with one attached hydrogen (secondary N) is 1. The summed E-state index contributed by atoms with van der Waals surface area (Å²) in [6.45, 7) is 3.45. The molecule has 0 bridgehead atoms. The maximum atomic E-state index is 11.5. The van der Waals surface area contributed by atoms with E-state index < -0.39 is 29.8 Å². The highest BCUT2D eigenvalue weighted by Gasteiger charge is 2.26. The first kappa shape index (κ1) is 16.9. The van der Waals surface area contributed by atoms with Crippen LogP contribution in [0.25, 0.3) is 0 Å². The van der Waals surface area contributed by atoms with Crippen LogP contribution in [0.15, 0.2) is 0 Å². The minimum absolute atomic E-state index is 0.0229. The molecule has 0 radical (unpaired) electrons. The molecule has 0 saturated heterocycles. The maximum absolute atomic E-state index is 11.5. The summed E-state index contributed by atoms with van der Waals surface area (Å²) in [5, 5.41) is 19.8. The Labute approximate surface area is 111 Å². The third-order valence-corrected chi connectivity index (χ3v) is 2.43. The molecule has 0 rings (SSSR count). The fourth-order valence-electron chi connectivity index (χ4n) is 1.40. The van der Waals surface area contributed by atoms with Crippen LogP contribution in [0.4, 0.5) is 0 Å². The highest BCUT2D eigenvalue weighted by molar-refractivity contribution is 5.85. The molecule has 0 aliphatic carbocycles. The van der Waals surface area contributed by atoms with Crippen molar-refractivity contribution in [3.63, 3.8) is 0 Å². The minimum atomic E-state index is -1.20. The summed E-state index contributed by atoms with van der Waals surface area (Å²) in [6.07, 6.45) is -0.213. The summed E-state index contributed by atoms with van der Waals surface area (Å²) < 4.78 is 4.65. The van der Waals surface area contributed by atoms with Crippen LogP contribution in [0.5, 0.6) is 0 Å². The number of ether oxygens (including phenoxy) is 1. The van der Waals surface area contributed by atoms with Crippen molar-refractivity contribution in [1.29, 1.82) is 5.26 Å². The average molecular weight is 270 g/mol. The third-order valence-electron chi connectivity index (χ3n) is 2.43. The zero-order chi connectivity index (χ0) is 14.8. The topological polar surface area (TPSA) is 116 Å². The van der Waals surface area contributed by atoms with Crippen LogP contribution in [-0.2, 0) is 19.1 Å². The van der Waals surface area contributed by atoms with Crippen molar-refractivity contribution >= 4 is 17.8 Å². The number of nitrogens with zero attached hydrogens (tertiary/aromatic N) is 1. The van der Waals surface area contributed by atoms with Crippen LogP contribution >= 0.6 is 0 Å². The third kappa shape index (κ3) is 7.03. The van der Waals surface area contributed by atoms with E-state index in [0.717, 1.165) is 0 Å². The minimum Gasteiger partial charge on any atom is -0.480 e. The van der Waals surface area contributed by atoms with Gasteiger partial charge in [-0.3, -0.25) is 9.59 Å². The Morgan fingerprint density at radius 3 is 2.47 bits per heavy atom. The number of nitriles is 1. The van der Waals surface area contributed by atoms with E-state index in [2.05, 4.69) is 10.1 Å². The highest BCUT2D eigenvalue weighted by Crippen LogP contribution is 2.08. The molecule has 19 heavy (non-hydrogen) atoms. The van der Waals surface area contributed by atoms with Crippen LogP contribution in [0.3, 0.4) is 0 Å². The van der Waals surface area contributed by atoms with Gasteiger partial charge >= 0.3 is 11.9 Å². The molecule has 2 atom stereocenters. The molecular formula is C12H18N2O5. The second-order valence-corrected chi connectivity index (χ2v) is 4.03. The van der Waals surface area contributed by atoms with Crippen molar-refractivity contribution in [3.05, 3.63) is 0 Å². The lowest BCUT2D eigenvalue weighted by molar-refractivity contribution is -0.145. The van der Waals surface area contributed by atoms with Gasteiger partial charge in [0.1, 0.15) is 6.04 Å². The standard InChI is InChI=1S/C12H18N2O5/c1-3-19-10(16)5-4-9(15)14-11(12(17)18)8(2)6-7-13/h8,11H,3-6H2,1-2H3,(H,14,15)(H,17,18)/t8-,11-/m1/s1. The number of rotatable bonds is 8. The molecule has 0 aliphatic heterocycles. The Hall–Kier alpha value is -2.10. The van der Waals surface area contributed by atoms with E-state index in [1.807, 2.05) is 6.07 Å². The second-order valence-electron chi connectivity index (χ2n) is 4.03. The first-order chi connectivity index (χ1) is 8.92. The number of esters is 1. The predicted octanol–water partition coefficient (Wildman–Crippen LogP) is 0.449. The Morgan fingerprint density at radius 1 is 1.37 bits per heavy atom. The molecule has 0 aliphatic rings. The van der Waals surface area contributed by atoms with Crippen molar-refractivity contribution in [2.45, 2.75) is 39.2 Å². The lowest BCUT2D eigenvalue weighted by atomic mass is 9.99. The second kappa shape index (κ2) is 8.91. The number of hydrogen-bond acceptors (Lipinski definition) is 5. The molecule has 0 unspecified atom stereocenters. The number of carboxylic acids is 1. The molecule has 7 heteroatoms. The Morgan fingerprint density at radius 2 is 2.00 bits per heavy atom. The van der Waals surface area contributed by atoms with Crippen LogP contribution in [0.1, 0.15) is 33.1 Å². The van der Waals surface area contributed by atoms with E-state index in [9.17, 15) is 14.4 Å². The number of amides is 1. The molecular weight excluding hydrogens is 252 g/mol. The van der Waals surface area contributed by atoms with Crippen molar-refractivity contribution < 1.29 is 24.2 Å². The number of carbonyl (C=O) groups excluding carboxylic acids is 2. The van der Waals surface area contributed by atoms with Gasteiger partial charge in [0.15, 0.2) is 0 Å². The first-order valence-electron chi connectivity index (χ1n) is 5.97. The molecule has 106 valence electrons.